The van der Waals surface area contributed by atoms with Crippen LogP contribution in [-0.4, -0.2) is 61.8 Å². The second-order valence-electron chi connectivity index (χ2n) is 7.89. The maximum Gasteiger partial charge on any atom is 0.265 e. The lowest BCUT2D eigenvalue weighted by atomic mass is 10.0. The summed E-state index contributed by atoms with van der Waals surface area (Å²) in [5.41, 5.74) is 3.83. The maximum absolute atomic E-state index is 12.7. The fourth-order valence-corrected chi connectivity index (χ4v) is 4.04. The summed E-state index contributed by atoms with van der Waals surface area (Å²) in [7, 11) is 0. The Morgan fingerprint density at radius 3 is 2.59 bits per heavy atom. The summed E-state index contributed by atoms with van der Waals surface area (Å²) in [5.74, 6) is 1.50. The molecule has 3 aromatic rings. The highest BCUT2D eigenvalue weighted by molar-refractivity contribution is 5.98. The van der Waals surface area contributed by atoms with Gasteiger partial charge in [0.2, 0.25) is 0 Å². The normalized spacial score (nSPS) is 16.4. The molecule has 32 heavy (non-hydrogen) atoms. The largest absolute Gasteiger partial charge is 0.482 e. The van der Waals surface area contributed by atoms with E-state index in [2.05, 4.69) is 15.2 Å². The molecular formula is C25H26N4O3. The molecule has 2 aliphatic rings. The highest BCUT2D eigenvalue weighted by atomic mass is 16.5. The van der Waals surface area contributed by atoms with Crippen molar-refractivity contribution < 1.29 is 14.3 Å². The van der Waals surface area contributed by atoms with E-state index < -0.39 is 0 Å². The molecule has 1 fully saturated rings. The van der Waals surface area contributed by atoms with Gasteiger partial charge >= 0.3 is 0 Å². The number of hydrogen-bond donors (Lipinski definition) is 1. The zero-order valence-electron chi connectivity index (χ0n) is 17.9. The molecule has 2 aliphatic heterocycles. The molecular weight excluding hydrogens is 404 g/mol. The third-order valence-corrected chi connectivity index (χ3v) is 5.78. The second-order valence-corrected chi connectivity index (χ2v) is 7.89. The third kappa shape index (κ3) is 4.59. The number of rotatable bonds is 6. The molecule has 1 aromatic heterocycles. The van der Waals surface area contributed by atoms with Crippen LogP contribution in [0.15, 0.2) is 66.9 Å². The van der Waals surface area contributed by atoms with Crippen molar-refractivity contribution in [1.29, 1.82) is 0 Å². The Morgan fingerprint density at radius 2 is 1.75 bits per heavy atom. The van der Waals surface area contributed by atoms with Crippen molar-refractivity contribution in [2.45, 2.75) is 0 Å². The molecule has 0 bridgehead atoms. The Labute approximate surface area is 187 Å². The molecule has 0 saturated carbocycles. The van der Waals surface area contributed by atoms with Crippen LogP contribution in [0.5, 0.6) is 5.75 Å². The van der Waals surface area contributed by atoms with Crippen LogP contribution in [0.25, 0.3) is 11.1 Å². The summed E-state index contributed by atoms with van der Waals surface area (Å²) < 4.78 is 11.1. The molecule has 0 spiro atoms. The lowest BCUT2D eigenvalue weighted by Gasteiger charge is -2.33. The fourth-order valence-electron chi connectivity index (χ4n) is 4.04. The summed E-state index contributed by atoms with van der Waals surface area (Å²) in [5, 5.41) is 3.33. The monoisotopic (exact) mass is 430 g/mol. The van der Waals surface area contributed by atoms with E-state index in [1.807, 2.05) is 65.6 Å². The van der Waals surface area contributed by atoms with Crippen LogP contribution in [0.3, 0.4) is 0 Å². The number of hydrogen-bond acceptors (Lipinski definition) is 6. The van der Waals surface area contributed by atoms with Gasteiger partial charge in [-0.3, -0.25) is 9.69 Å². The SMILES string of the molecule is O=C1COc2ccc(-c3ccnc(Nc4ccccc4)c3)cc2N1CCN1CCOCC1. The lowest BCUT2D eigenvalue weighted by molar-refractivity contribution is -0.121. The number of nitrogens with one attached hydrogen (secondary N) is 1. The number of amides is 1. The second kappa shape index (κ2) is 9.38. The first-order chi connectivity index (χ1) is 15.8. The molecule has 5 rings (SSSR count). The molecule has 7 heteroatoms. The number of anilines is 3. The molecule has 0 unspecified atom stereocenters. The van der Waals surface area contributed by atoms with Crippen molar-refractivity contribution >= 4 is 23.1 Å². The minimum atomic E-state index is -0.0101. The van der Waals surface area contributed by atoms with Crippen LogP contribution in [0.4, 0.5) is 17.2 Å². The lowest BCUT2D eigenvalue weighted by Crippen LogP contribution is -2.45. The van der Waals surface area contributed by atoms with Gasteiger partial charge in [-0.15, -0.1) is 0 Å². The van der Waals surface area contributed by atoms with E-state index in [1.54, 1.807) is 6.20 Å². The number of carbonyl (C=O) groups excluding carboxylic acids is 1. The Morgan fingerprint density at radius 1 is 0.938 bits per heavy atom. The van der Waals surface area contributed by atoms with Crippen LogP contribution < -0.4 is 15.0 Å². The van der Waals surface area contributed by atoms with Gasteiger partial charge in [-0.2, -0.15) is 0 Å². The van der Waals surface area contributed by atoms with E-state index in [9.17, 15) is 4.79 Å². The van der Waals surface area contributed by atoms with Crippen molar-refractivity contribution in [2.75, 3.05) is 56.2 Å². The summed E-state index contributed by atoms with van der Waals surface area (Å²) >= 11 is 0. The zero-order chi connectivity index (χ0) is 21.8. The number of ether oxygens (including phenoxy) is 2. The van der Waals surface area contributed by atoms with Crippen LogP contribution in [0.2, 0.25) is 0 Å². The number of para-hydroxylation sites is 1. The number of nitrogens with zero attached hydrogens (tertiary/aromatic N) is 3. The molecule has 0 aliphatic carbocycles. The molecule has 0 atom stereocenters. The quantitative estimate of drug-likeness (QED) is 0.645. The molecule has 1 amide bonds. The first-order valence-corrected chi connectivity index (χ1v) is 10.9. The van der Waals surface area contributed by atoms with Gasteiger partial charge in [-0.25, -0.2) is 4.98 Å². The predicted molar refractivity (Wildman–Crippen MR) is 125 cm³/mol. The Balaban J connectivity index is 1.38. The first kappa shape index (κ1) is 20.5. The molecule has 2 aromatic carbocycles. The number of morpholine rings is 1. The molecule has 1 N–H and O–H groups in total. The highest BCUT2D eigenvalue weighted by Crippen LogP contribution is 2.36. The number of pyridine rings is 1. The van der Waals surface area contributed by atoms with Crippen molar-refractivity contribution in [1.82, 2.24) is 9.88 Å². The summed E-state index contributed by atoms with van der Waals surface area (Å²) in [6.45, 7) is 4.84. The highest BCUT2D eigenvalue weighted by Gasteiger charge is 2.26. The van der Waals surface area contributed by atoms with Gasteiger partial charge in [-0.05, 0) is 47.5 Å². The van der Waals surface area contributed by atoms with E-state index in [-0.39, 0.29) is 12.5 Å². The first-order valence-electron chi connectivity index (χ1n) is 10.9. The Bertz CT molecular complexity index is 1080. The minimum absolute atomic E-state index is 0.0101. The van der Waals surface area contributed by atoms with Crippen molar-refractivity contribution in [3.8, 4) is 16.9 Å². The van der Waals surface area contributed by atoms with Crippen LogP contribution in [0.1, 0.15) is 0 Å². The van der Waals surface area contributed by atoms with E-state index in [0.717, 1.165) is 66.9 Å². The van der Waals surface area contributed by atoms with Crippen LogP contribution in [-0.2, 0) is 9.53 Å². The van der Waals surface area contributed by atoms with Gasteiger partial charge in [0.15, 0.2) is 6.61 Å². The van der Waals surface area contributed by atoms with Crippen molar-refractivity contribution in [3.05, 3.63) is 66.9 Å². The summed E-state index contributed by atoms with van der Waals surface area (Å²) in [6.07, 6.45) is 1.79. The van der Waals surface area contributed by atoms with Gasteiger partial charge < -0.3 is 19.7 Å². The molecule has 3 heterocycles. The number of fused-ring (bicyclic) bond motifs is 1. The van der Waals surface area contributed by atoms with Gasteiger partial charge in [0.1, 0.15) is 11.6 Å². The smallest absolute Gasteiger partial charge is 0.265 e. The van der Waals surface area contributed by atoms with Crippen LogP contribution in [0, 0.1) is 0 Å². The van der Waals surface area contributed by atoms with E-state index in [4.69, 9.17) is 9.47 Å². The standard InChI is InChI=1S/C25H26N4O3/c30-25-18-32-23-7-6-19(16-22(23)29(25)11-10-28-12-14-31-15-13-28)20-8-9-26-24(17-20)27-21-4-2-1-3-5-21/h1-9,16-17H,10-15,18H2,(H,26,27). The molecule has 7 nitrogen and oxygen atoms in total. The van der Waals surface area contributed by atoms with Crippen molar-refractivity contribution in [2.24, 2.45) is 0 Å². The van der Waals surface area contributed by atoms with E-state index >= 15 is 0 Å². The zero-order valence-corrected chi connectivity index (χ0v) is 17.9. The topological polar surface area (TPSA) is 66.9 Å². The molecule has 0 radical (unpaired) electrons. The fraction of sp³-hybridized carbons (Fsp3) is 0.280. The van der Waals surface area contributed by atoms with E-state index in [1.165, 1.54) is 0 Å². The maximum atomic E-state index is 12.7. The van der Waals surface area contributed by atoms with Gasteiger partial charge in [0.25, 0.3) is 5.91 Å². The third-order valence-electron chi connectivity index (χ3n) is 5.78. The Kier molecular flexibility index (Phi) is 6.00. The van der Waals surface area contributed by atoms with Gasteiger partial charge in [0, 0.05) is 38.1 Å². The van der Waals surface area contributed by atoms with Crippen molar-refractivity contribution in [3.63, 3.8) is 0 Å². The predicted octanol–water partition coefficient (Wildman–Crippen LogP) is 3.55. The molecule has 164 valence electrons. The van der Waals surface area contributed by atoms with Crippen LogP contribution >= 0.6 is 0 Å². The van der Waals surface area contributed by atoms with E-state index in [0.29, 0.717) is 6.54 Å². The number of benzene rings is 2. The molecule has 1 saturated heterocycles. The number of carbonyl (C=O) groups is 1. The Hall–Kier alpha value is -3.42. The summed E-state index contributed by atoms with van der Waals surface area (Å²) in [4.78, 5) is 21.3. The van der Waals surface area contributed by atoms with Gasteiger partial charge in [-0.1, -0.05) is 24.3 Å². The average Bonchev–Trinajstić information content (AvgIpc) is 2.84. The minimum Gasteiger partial charge on any atom is -0.482 e. The number of aromatic nitrogens is 1. The summed E-state index contributed by atoms with van der Waals surface area (Å²) in [6, 6.07) is 19.9. The average molecular weight is 431 g/mol. The van der Waals surface area contributed by atoms with Gasteiger partial charge in [0.05, 0.1) is 18.9 Å².